The minimum atomic E-state index is -0.00655. The fraction of sp³-hybridized carbons (Fsp3) is 0.462. The van der Waals surface area contributed by atoms with Crippen LogP contribution in [0.4, 0.5) is 5.69 Å². The quantitative estimate of drug-likeness (QED) is 0.853. The molecule has 0 spiro atoms. The Balaban J connectivity index is 2.89. The van der Waals surface area contributed by atoms with Crippen molar-refractivity contribution in [3.8, 4) is 0 Å². The van der Waals surface area contributed by atoms with E-state index < -0.39 is 0 Å². The average Bonchev–Trinajstić information content (AvgIpc) is 2.12. The van der Waals surface area contributed by atoms with Gasteiger partial charge in [-0.3, -0.25) is 4.79 Å². The Labute approximate surface area is 111 Å². The molecule has 0 saturated heterocycles. The number of amides is 1. The zero-order valence-electron chi connectivity index (χ0n) is 10.7. The van der Waals surface area contributed by atoms with Crippen LogP contribution in [-0.2, 0) is 0 Å². The molecule has 0 aliphatic rings. The van der Waals surface area contributed by atoms with Crippen molar-refractivity contribution in [3.63, 3.8) is 0 Å². The summed E-state index contributed by atoms with van der Waals surface area (Å²) in [6.45, 7) is 7.02. The number of halogens is 1. The van der Waals surface area contributed by atoms with Crippen molar-refractivity contribution in [2.75, 3.05) is 19.3 Å². The van der Waals surface area contributed by atoms with Gasteiger partial charge in [0.05, 0.1) is 0 Å². The van der Waals surface area contributed by atoms with Crippen molar-refractivity contribution in [2.24, 2.45) is 5.41 Å². The second-order valence-corrected chi connectivity index (χ2v) is 6.41. The summed E-state index contributed by atoms with van der Waals surface area (Å²) in [6.07, 6.45) is 0. The number of nitrogen functional groups attached to an aromatic ring is 1. The molecule has 0 radical (unpaired) electrons. The molecule has 17 heavy (non-hydrogen) atoms. The van der Waals surface area contributed by atoms with E-state index >= 15 is 0 Å². The van der Waals surface area contributed by atoms with Crippen molar-refractivity contribution in [2.45, 2.75) is 20.8 Å². The van der Waals surface area contributed by atoms with Crippen LogP contribution in [0.25, 0.3) is 0 Å². The van der Waals surface area contributed by atoms with Gasteiger partial charge in [-0.1, -0.05) is 36.7 Å². The lowest BCUT2D eigenvalue weighted by molar-refractivity contribution is 0.0745. The first-order chi connectivity index (χ1) is 7.69. The van der Waals surface area contributed by atoms with Crippen molar-refractivity contribution >= 4 is 27.5 Å². The standard InChI is InChI=1S/C13H19BrN2O/c1-13(2,3)8-16(4)12(17)9-5-10(14)7-11(15)6-9/h5-7H,8,15H2,1-4H3. The van der Waals surface area contributed by atoms with Crippen LogP contribution in [0.15, 0.2) is 22.7 Å². The van der Waals surface area contributed by atoms with Crippen LogP contribution in [0.2, 0.25) is 0 Å². The predicted octanol–water partition coefficient (Wildman–Crippen LogP) is 3.15. The van der Waals surface area contributed by atoms with E-state index in [1.54, 1.807) is 23.1 Å². The Morgan fingerprint density at radius 3 is 2.41 bits per heavy atom. The fourth-order valence-electron chi connectivity index (χ4n) is 1.74. The number of hydrogen-bond donors (Lipinski definition) is 1. The highest BCUT2D eigenvalue weighted by Gasteiger charge is 2.19. The molecule has 94 valence electrons. The zero-order valence-corrected chi connectivity index (χ0v) is 12.3. The van der Waals surface area contributed by atoms with Gasteiger partial charge in [-0.05, 0) is 23.6 Å². The molecule has 3 nitrogen and oxygen atoms in total. The van der Waals surface area contributed by atoms with Gasteiger partial charge < -0.3 is 10.6 Å². The second kappa shape index (κ2) is 5.08. The van der Waals surface area contributed by atoms with Crippen LogP contribution in [0.5, 0.6) is 0 Å². The van der Waals surface area contributed by atoms with Gasteiger partial charge in [-0.15, -0.1) is 0 Å². The highest BCUT2D eigenvalue weighted by molar-refractivity contribution is 9.10. The van der Waals surface area contributed by atoms with E-state index in [1.165, 1.54) is 0 Å². The highest BCUT2D eigenvalue weighted by atomic mass is 79.9. The highest BCUT2D eigenvalue weighted by Crippen LogP contribution is 2.20. The number of nitrogens with zero attached hydrogens (tertiary/aromatic N) is 1. The molecule has 0 heterocycles. The number of rotatable bonds is 2. The summed E-state index contributed by atoms with van der Waals surface area (Å²) < 4.78 is 0.824. The Hall–Kier alpha value is -1.03. The molecule has 0 atom stereocenters. The van der Waals surface area contributed by atoms with Crippen LogP contribution >= 0.6 is 15.9 Å². The molecule has 4 heteroatoms. The van der Waals surface area contributed by atoms with Crippen molar-refractivity contribution < 1.29 is 4.79 Å². The second-order valence-electron chi connectivity index (χ2n) is 5.50. The van der Waals surface area contributed by atoms with Crippen molar-refractivity contribution in [1.82, 2.24) is 4.90 Å². The number of hydrogen-bond acceptors (Lipinski definition) is 2. The van der Waals surface area contributed by atoms with Crippen LogP contribution < -0.4 is 5.73 Å². The maximum atomic E-state index is 12.2. The lowest BCUT2D eigenvalue weighted by Crippen LogP contribution is -2.34. The van der Waals surface area contributed by atoms with Crippen LogP contribution in [0.1, 0.15) is 31.1 Å². The number of carbonyl (C=O) groups excluding carboxylic acids is 1. The molecule has 1 aromatic carbocycles. The third-order valence-corrected chi connectivity index (χ3v) is 2.68. The van der Waals surface area contributed by atoms with Gasteiger partial charge >= 0.3 is 0 Å². The van der Waals surface area contributed by atoms with Gasteiger partial charge in [0.25, 0.3) is 5.91 Å². The summed E-state index contributed by atoms with van der Waals surface area (Å²) in [5.74, 6) is -0.00655. The summed E-state index contributed by atoms with van der Waals surface area (Å²) >= 11 is 3.34. The smallest absolute Gasteiger partial charge is 0.253 e. The van der Waals surface area contributed by atoms with E-state index in [9.17, 15) is 4.79 Å². The van der Waals surface area contributed by atoms with E-state index in [-0.39, 0.29) is 11.3 Å². The predicted molar refractivity (Wildman–Crippen MR) is 75.0 cm³/mol. The molecule has 2 N–H and O–H groups in total. The Kier molecular flexibility index (Phi) is 4.20. The third kappa shape index (κ3) is 4.38. The lowest BCUT2D eigenvalue weighted by Gasteiger charge is -2.26. The van der Waals surface area contributed by atoms with Gasteiger partial charge in [0.1, 0.15) is 0 Å². The molecule has 0 aromatic heterocycles. The van der Waals surface area contributed by atoms with Gasteiger partial charge in [0.2, 0.25) is 0 Å². The lowest BCUT2D eigenvalue weighted by atomic mass is 9.96. The normalized spacial score (nSPS) is 11.4. The Morgan fingerprint density at radius 2 is 1.94 bits per heavy atom. The maximum absolute atomic E-state index is 12.2. The molecule has 1 rings (SSSR count). The SMILES string of the molecule is CN(CC(C)(C)C)C(=O)c1cc(N)cc(Br)c1. The first-order valence-corrected chi connectivity index (χ1v) is 6.30. The number of carbonyl (C=O) groups is 1. The Bertz CT molecular complexity index is 404. The summed E-state index contributed by atoms with van der Waals surface area (Å²) in [7, 11) is 1.81. The van der Waals surface area contributed by atoms with E-state index in [1.807, 2.05) is 7.05 Å². The molecule has 1 aromatic rings. The van der Waals surface area contributed by atoms with Crippen LogP contribution in [0.3, 0.4) is 0 Å². The molecule has 0 aliphatic carbocycles. The van der Waals surface area contributed by atoms with Crippen molar-refractivity contribution in [3.05, 3.63) is 28.2 Å². The fourth-order valence-corrected chi connectivity index (χ4v) is 2.25. The first kappa shape index (κ1) is 14.0. The number of nitrogens with two attached hydrogens (primary N) is 1. The number of benzene rings is 1. The zero-order chi connectivity index (χ0) is 13.2. The molecule has 1 amide bonds. The largest absolute Gasteiger partial charge is 0.399 e. The molecule has 0 bridgehead atoms. The summed E-state index contributed by atoms with van der Waals surface area (Å²) in [5, 5.41) is 0. The summed E-state index contributed by atoms with van der Waals surface area (Å²) in [5.41, 5.74) is 7.01. The first-order valence-electron chi connectivity index (χ1n) is 5.50. The van der Waals surface area contributed by atoms with Crippen LogP contribution in [-0.4, -0.2) is 24.4 Å². The summed E-state index contributed by atoms with van der Waals surface area (Å²) in [6, 6.07) is 5.27. The molecule has 0 saturated carbocycles. The number of anilines is 1. The molecular weight excluding hydrogens is 280 g/mol. The van der Waals surface area contributed by atoms with E-state index in [0.717, 1.165) is 4.47 Å². The average molecular weight is 299 g/mol. The minimum absolute atomic E-state index is 0.00655. The molecule has 0 unspecified atom stereocenters. The van der Waals surface area contributed by atoms with E-state index in [4.69, 9.17) is 5.73 Å². The van der Waals surface area contributed by atoms with Crippen molar-refractivity contribution in [1.29, 1.82) is 0 Å². The van der Waals surface area contributed by atoms with Gasteiger partial charge in [0, 0.05) is 29.3 Å². The Morgan fingerprint density at radius 1 is 1.35 bits per heavy atom. The molecule has 0 aliphatic heterocycles. The van der Waals surface area contributed by atoms with Crippen LogP contribution in [0, 0.1) is 5.41 Å². The third-order valence-electron chi connectivity index (χ3n) is 2.23. The summed E-state index contributed by atoms with van der Waals surface area (Å²) in [4.78, 5) is 13.9. The van der Waals surface area contributed by atoms with Gasteiger partial charge in [-0.25, -0.2) is 0 Å². The molecular formula is C13H19BrN2O. The minimum Gasteiger partial charge on any atom is -0.399 e. The molecule has 0 fully saturated rings. The monoisotopic (exact) mass is 298 g/mol. The van der Waals surface area contributed by atoms with E-state index in [0.29, 0.717) is 17.8 Å². The van der Waals surface area contributed by atoms with Gasteiger partial charge in [0.15, 0.2) is 0 Å². The van der Waals surface area contributed by atoms with Gasteiger partial charge in [-0.2, -0.15) is 0 Å². The topological polar surface area (TPSA) is 46.3 Å². The maximum Gasteiger partial charge on any atom is 0.253 e. The van der Waals surface area contributed by atoms with E-state index in [2.05, 4.69) is 36.7 Å².